The van der Waals surface area contributed by atoms with Gasteiger partial charge in [0, 0.05) is 31.1 Å². The number of rotatable bonds is 6. The van der Waals surface area contributed by atoms with Crippen molar-refractivity contribution in [2.75, 3.05) is 32.9 Å². The summed E-state index contributed by atoms with van der Waals surface area (Å²) in [5.41, 5.74) is 1.16. The molecule has 1 aliphatic rings. The van der Waals surface area contributed by atoms with Crippen molar-refractivity contribution >= 4 is 17.8 Å². The number of nitrogens with one attached hydrogen (secondary N) is 1. The SMILES string of the molecule is CSc1cccc(CN(C)C(=O)N[C@H](C)CN2CCCC2)c1. The first-order valence-corrected chi connectivity index (χ1v) is 9.18. The van der Waals surface area contributed by atoms with Crippen molar-refractivity contribution in [2.24, 2.45) is 0 Å². The van der Waals surface area contributed by atoms with Gasteiger partial charge >= 0.3 is 6.03 Å². The maximum atomic E-state index is 12.3. The van der Waals surface area contributed by atoms with Crippen LogP contribution in [0.4, 0.5) is 4.79 Å². The molecule has 1 heterocycles. The summed E-state index contributed by atoms with van der Waals surface area (Å²) in [5, 5.41) is 3.10. The van der Waals surface area contributed by atoms with E-state index in [9.17, 15) is 4.79 Å². The van der Waals surface area contributed by atoms with Gasteiger partial charge in [-0.05, 0) is 56.8 Å². The number of hydrogen-bond acceptors (Lipinski definition) is 3. The Morgan fingerprint density at radius 1 is 1.41 bits per heavy atom. The monoisotopic (exact) mass is 321 g/mol. The van der Waals surface area contributed by atoms with Gasteiger partial charge in [-0.25, -0.2) is 4.79 Å². The number of urea groups is 1. The maximum Gasteiger partial charge on any atom is 0.317 e. The van der Waals surface area contributed by atoms with Gasteiger partial charge in [-0.15, -0.1) is 11.8 Å². The van der Waals surface area contributed by atoms with E-state index >= 15 is 0 Å². The molecule has 1 aliphatic heterocycles. The molecule has 1 fully saturated rings. The van der Waals surface area contributed by atoms with Crippen LogP contribution in [0.5, 0.6) is 0 Å². The molecule has 0 aromatic heterocycles. The fraction of sp³-hybridized carbons (Fsp3) is 0.588. The molecule has 1 N–H and O–H groups in total. The lowest BCUT2D eigenvalue weighted by Gasteiger charge is -2.24. The fourth-order valence-electron chi connectivity index (χ4n) is 2.84. The average molecular weight is 321 g/mol. The Hall–Kier alpha value is -1.20. The molecule has 122 valence electrons. The van der Waals surface area contributed by atoms with Gasteiger partial charge in [-0.1, -0.05) is 12.1 Å². The number of carbonyl (C=O) groups excluding carboxylic acids is 1. The number of benzene rings is 1. The van der Waals surface area contributed by atoms with Crippen LogP contribution in [-0.4, -0.2) is 54.8 Å². The smallest absolute Gasteiger partial charge is 0.317 e. The Morgan fingerprint density at radius 3 is 2.82 bits per heavy atom. The van der Waals surface area contributed by atoms with Crippen molar-refractivity contribution in [3.63, 3.8) is 0 Å². The maximum absolute atomic E-state index is 12.3. The third-order valence-corrected chi connectivity index (χ3v) is 4.73. The van der Waals surface area contributed by atoms with Gasteiger partial charge < -0.3 is 15.1 Å². The summed E-state index contributed by atoms with van der Waals surface area (Å²) in [6, 6.07) is 8.53. The van der Waals surface area contributed by atoms with Gasteiger partial charge in [0.25, 0.3) is 0 Å². The Kier molecular flexibility index (Phi) is 6.58. The van der Waals surface area contributed by atoms with Crippen LogP contribution in [0.25, 0.3) is 0 Å². The molecule has 0 radical (unpaired) electrons. The summed E-state index contributed by atoms with van der Waals surface area (Å²) < 4.78 is 0. The van der Waals surface area contributed by atoms with Crippen molar-refractivity contribution in [3.05, 3.63) is 29.8 Å². The van der Waals surface area contributed by atoms with Gasteiger partial charge in [0.1, 0.15) is 0 Å². The summed E-state index contributed by atoms with van der Waals surface area (Å²) in [7, 11) is 1.85. The molecular weight excluding hydrogens is 294 g/mol. The lowest BCUT2D eigenvalue weighted by molar-refractivity contribution is 0.198. The van der Waals surface area contributed by atoms with Crippen LogP contribution in [0.3, 0.4) is 0 Å². The molecule has 1 aromatic carbocycles. The van der Waals surface area contributed by atoms with Crippen LogP contribution in [0, 0.1) is 0 Å². The molecule has 4 nitrogen and oxygen atoms in total. The highest BCUT2D eigenvalue weighted by molar-refractivity contribution is 7.98. The van der Waals surface area contributed by atoms with E-state index in [1.807, 2.05) is 13.1 Å². The molecule has 0 spiro atoms. The first kappa shape index (κ1) is 17.2. The lowest BCUT2D eigenvalue weighted by Crippen LogP contribution is -2.46. The summed E-state index contributed by atoms with van der Waals surface area (Å²) in [6.07, 6.45) is 4.63. The van der Waals surface area contributed by atoms with Crippen LogP contribution in [0.1, 0.15) is 25.3 Å². The normalized spacial score (nSPS) is 16.5. The molecule has 5 heteroatoms. The molecule has 0 bridgehead atoms. The Balaban J connectivity index is 1.80. The third-order valence-electron chi connectivity index (χ3n) is 4.00. The van der Waals surface area contributed by atoms with Gasteiger partial charge in [-0.3, -0.25) is 0 Å². The predicted octanol–water partition coefficient (Wildman–Crippen LogP) is 3.03. The second-order valence-corrected chi connectivity index (χ2v) is 6.95. The zero-order valence-corrected chi connectivity index (χ0v) is 14.7. The van der Waals surface area contributed by atoms with E-state index in [2.05, 4.69) is 41.6 Å². The minimum absolute atomic E-state index is 0.00116. The first-order chi connectivity index (χ1) is 10.6. The van der Waals surface area contributed by atoms with E-state index < -0.39 is 0 Å². The van der Waals surface area contributed by atoms with Crippen LogP contribution < -0.4 is 5.32 Å². The van der Waals surface area contributed by atoms with E-state index in [1.54, 1.807) is 16.7 Å². The Bertz CT molecular complexity index is 489. The summed E-state index contributed by atoms with van der Waals surface area (Å²) in [5.74, 6) is 0. The number of carbonyl (C=O) groups is 1. The second kappa shape index (κ2) is 8.44. The molecule has 1 atom stereocenters. The van der Waals surface area contributed by atoms with Crippen molar-refractivity contribution in [2.45, 2.75) is 37.2 Å². The van der Waals surface area contributed by atoms with E-state index in [4.69, 9.17) is 0 Å². The molecule has 0 aliphatic carbocycles. The number of likely N-dealkylation sites (tertiary alicyclic amines) is 1. The topological polar surface area (TPSA) is 35.6 Å². The molecule has 0 unspecified atom stereocenters. The number of hydrogen-bond donors (Lipinski definition) is 1. The quantitative estimate of drug-likeness (QED) is 0.818. The van der Waals surface area contributed by atoms with Crippen molar-refractivity contribution in [1.29, 1.82) is 0 Å². The number of amides is 2. The molecule has 1 aromatic rings. The third kappa shape index (κ3) is 5.21. The highest BCUT2D eigenvalue weighted by Gasteiger charge is 2.17. The Labute approximate surface area is 138 Å². The lowest BCUT2D eigenvalue weighted by atomic mass is 10.2. The minimum atomic E-state index is 0.00116. The van der Waals surface area contributed by atoms with Gasteiger partial charge in [-0.2, -0.15) is 0 Å². The second-order valence-electron chi connectivity index (χ2n) is 6.07. The Morgan fingerprint density at radius 2 is 2.14 bits per heavy atom. The zero-order chi connectivity index (χ0) is 15.9. The van der Waals surface area contributed by atoms with Crippen molar-refractivity contribution < 1.29 is 4.79 Å². The van der Waals surface area contributed by atoms with E-state index in [0.717, 1.165) is 25.2 Å². The summed E-state index contributed by atoms with van der Waals surface area (Å²) in [4.78, 5) is 17.7. The fourth-order valence-corrected chi connectivity index (χ4v) is 3.32. The number of thioether (sulfide) groups is 1. The highest BCUT2D eigenvalue weighted by atomic mass is 32.2. The molecule has 0 saturated carbocycles. The van der Waals surface area contributed by atoms with E-state index in [1.165, 1.54) is 17.7 Å². The molecular formula is C17H27N3OS. The first-order valence-electron chi connectivity index (χ1n) is 7.95. The molecule has 2 rings (SSSR count). The van der Waals surface area contributed by atoms with E-state index in [0.29, 0.717) is 6.54 Å². The van der Waals surface area contributed by atoms with Crippen LogP contribution >= 0.6 is 11.8 Å². The average Bonchev–Trinajstić information content (AvgIpc) is 3.00. The minimum Gasteiger partial charge on any atom is -0.334 e. The highest BCUT2D eigenvalue weighted by Crippen LogP contribution is 2.16. The van der Waals surface area contributed by atoms with Gasteiger partial charge in [0.15, 0.2) is 0 Å². The predicted molar refractivity (Wildman–Crippen MR) is 93.4 cm³/mol. The van der Waals surface area contributed by atoms with Crippen LogP contribution in [0.2, 0.25) is 0 Å². The van der Waals surface area contributed by atoms with Gasteiger partial charge in [0.2, 0.25) is 0 Å². The molecule has 2 amide bonds. The number of nitrogens with zero attached hydrogens (tertiary/aromatic N) is 2. The largest absolute Gasteiger partial charge is 0.334 e. The van der Waals surface area contributed by atoms with Crippen molar-refractivity contribution in [1.82, 2.24) is 15.1 Å². The van der Waals surface area contributed by atoms with Crippen molar-refractivity contribution in [3.8, 4) is 0 Å². The summed E-state index contributed by atoms with van der Waals surface area (Å²) in [6.45, 7) is 5.99. The van der Waals surface area contributed by atoms with Crippen LogP contribution in [0.15, 0.2) is 29.2 Å². The summed E-state index contributed by atoms with van der Waals surface area (Å²) >= 11 is 1.72. The van der Waals surface area contributed by atoms with Gasteiger partial charge in [0.05, 0.1) is 0 Å². The molecule has 1 saturated heterocycles. The molecule has 22 heavy (non-hydrogen) atoms. The van der Waals surface area contributed by atoms with Crippen LogP contribution in [-0.2, 0) is 6.54 Å². The van der Waals surface area contributed by atoms with E-state index in [-0.39, 0.29) is 12.1 Å². The zero-order valence-electron chi connectivity index (χ0n) is 13.8. The standard InChI is InChI=1S/C17H27N3OS/c1-14(12-20-9-4-5-10-20)18-17(21)19(2)13-15-7-6-8-16(11-15)22-3/h6-8,11,14H,4-5,9-10,12-13H2,1-3H3,(H,18,21)/t14-/m1/s1.